The lowest BCUT2D eigenvalue weighted by molar-refractivity contribution is 0.221. The Kier molecular flexibility index (Phi) is 3.98. The Hall–Kier alpha value is -1.42. The van der Waals surface area contributed by atoms with Crippen molar-refractivity contribution in [1.29, 1.82) is 0 Å². The fourth-order valence-corrected chi connectivity index (χ4v) is 3.13. The van der Waals surface area contributed by atoms with Gasteiger partial charge in [0.25, 0.3) is 0 Å². The number of hydrogen-bond donors (Lipinski definition) is 1. The van der Waals surface area contributed by atoms with Crippen molar-refractivity contribution in [3.8, 4) is 0 Å². The maximum atomic E-state index is 13.6. The molecule has 3 aromatic rings. The average molecular weight is 366 g/mol. The SMILES string of the molecule is OC(c1cccc(F)c1Cl)c1ccc(Br)c2ccccc12. The van der Waals surface area contributed by atoms with Crippen LogP contribution in [0.5, 0.6) is 0 Å². The van der Waals surface area contributed by atoms with Gasteiger partial charge in [-0.25, -0.2) is 4.39 Å². The second-order valence-corrected chi connectivity index (χ2v) is 5.96. The Bertz CT molecular complexity index is 819. The van der Waals surface area contributed by atoms with Crippen molar-refractivity contribution in [2.45, 2.75) is 6.10 Å². The molecule has 0 aromatic heterocycles. The maximum Gasteiger partial charge on any atom is 0.142 e. The number of hydrogen-bond acceptors (Lipinski definition) is 1. The normalized spacial score (nSPS) is 12.6. The number of halogens is 3. The zero-order chi connectivity index (χ0) is 15.0. The van der Waals surface area contributed by atoms with E-state index < -0.39 is 11.9 Å². The van der Waals surface area contributed by atoms with Crippen molar-refractivity contribution in [1.82, 2.24) is 0 Å². The molecular weight excluding hydrogens is 355 g/mol. The van der Waals surface area contributed by atoms with Gasteiger partial charge < -0.3 is 5.11 Å². The minimum atomic E-state index is -0.980. The number of rotatable bonds is 2. The molecule has 0 spiro atoms. The van der Waals surface area contributed by atoms with Crippen molar-refractivity contribution in [3.05, 3.63) is 81.0 Å². The Morgan fingerprint density at radius 3 is 2.38 bits per heavy atom. The maximum absolute atomic E-state index is 13.6. The summed E-state index contributed by atoms with van der Waals surface area (Å²) in [7, 11) is 0. The van der Waals surface area contributed by atoms with E-state index in [9.17, 15) is 9.50 Å². The first-order valence-corrected chi connectivity index (χ1v) is 7.56. The van der Waals surface area contributed by atoms with Gasteiger partial charge in [0.05, 0.1) is 5.02 Å². The third-order valence-corrected chi connectivity index (χ3v) is 4.57. The Balaban J connectivity index is 2.21. The summed E-state index contributed by atoms with van der Waals surface area (Å²) in [4.78, 5) is 0. The third-order valence-electron chi connectivity index (χ3n) is 3.48. The summed E-state index contributed by atoms with van der Waals surface area (Å²) in [6, 6.07) is 15.9. The van der Waals surface area contributed by atoms with Gasteiger partial charge in [0, 0.05) is 10.0 Å². The molecule has 1 unspecified atom stereocenters. The van der Waals surface area contributed by atoms with Crippen LogP contribution in [0.2, 0.25) is 5.02 Å². The summed E-state index contributed by atoms with van der Waals surface area (Å²) in [5, 5.41) is 12.5. The van der Waals surface area contributed by atoms with Crippen LogP contribution < -0.4 is 0 Å². The molecule has 1 N–H and O–H groups in total. The van der Waals surface area contributed by atoms with Gasteiger partial charge in [0.2, 0.25) is 0 Å². The summed E-state index contributed by atoms with van der Waals surface area (Å²) < 4.78 is 14.5. The summed E-state index contributed by atoms with van der Waals surface area (Å²) in [6.45, 7) is 0. The smallest absolute Gasteiger partial charge is 0.142 e. The first-order valence-electron chi connectivity index (χ1n) is 6.38. The van der Waals surface area contributed by atoms with Gasteiger partial charge in [0.15, 0.2) is 0 Å². The zero-order valence-electron chi connectivity index (χ0n) is 10.9. The van der Waals surface area contributed by atoms with E-state index in [-0.39, 0.29) is 5.02 Å². The largest absolute Gasteiger partial charge is 0.384 e. The quantitative estimate of drug-likeness (QED) is 0.638. The van der Waals surface area contributed by atoms with E-state index >= 15 is 0 Å². The monoisotopic (exact) mass is 364 g/mol. The zero-order valence-corrected chi connectivity index (χ0v) is 13.2. The fraction of sp³-hybridized carbons (Fsp3) is 0.0588. The molecule has 0 fully saturated rings. The van der Waals surface area contributed by atoms with Crippen LogP contribution in [0.3, 0.4) is 0 Å². The standard InChI is InChI=1S/C17H11BrClFO/c18-14-9-8-12(10-4-1-2-5-11(10)14)17(21)13-6-3-7-15(20)16(13)19/h1-9,17,21H. The van der Waals surface area contributed by atoms with Crippen LogP contribution in [-0.4, -0.2) is 5.11 Å². The van der Waals surface area contributed by atoms with Crippen molar-refractivity contribution in [2.24, 2.45) is 0 Å². The number of aliphatic hydroxyl groups excluding tert-OH is 1. The second-order valence-electron chi connectivity index (χ2n) is 4.73. The second kappa shape index (κ2) is 5.76. The van der Waals surface area contributed by atoms with E-state index in [1.807, 2.05) is 36.4 Å². The van der Waals surface area contributed by atoms with Gasteiger partial charge in [-0.2, -0.15) is 0 Å². The van der Waals surface area contributed by atoms with Gasteiger partial charge in [-0.15, -0.1) is 0 Å². The number of benzene rings is 3. The predicted molar refractivity (Wildman–Crippen MR) is 87.1 cm³/mol. The molecule has 0 aliphatic carbocycles. The molecule has 0 aliphatic rings. The molecule has 3 rings (SSSR count). The van der Waals surface area contributed by atoms with Crippen LogP contribution >= 0.6 is 27.5 Å². The Morgan fingerprint density at radius 1 is 0.905 bits per heavy atom. The van der Waals surface area contributed by atoms with Crippen molar-refractivity contribution < 1.29 is 9.50 Å². The first kappa shape index (κ1) is 14.5. The van der Waals surface area contributed by atoms with Crippen LogP contribution in [0, 0.1) is 5.82 Å². The molecule has 3 aromatic carbocycles. The van der Waals surface area contributed by atoms with Crippen LogP contribution in [0.1, 0.15) is 17.2 Å². The van der Waals surface area contributed by atoms with Crippen LogP contribution in [0.15, 0.2) is 59.1 Å². The molecule has 106 valence electrons. The Labute approximate surface area is 135 Å². The van der Waals surface area contributed by atoms with Crippen LogP contribution in [-0.2, 0) is 0 Å². The Morgan fingerprint density at radius 2 is 1.62 bits per heavy atom. The lowest BCUT2D eigenvalue weighted by atomic mass is 9.96. The molecule has 1 nitrogen and oxygen atoms in total. The molecule has 0 saturated heterocycles. The van der Waals surface area contributed by atoms with E-state index in [1.54, 1.807) is 12.1 Å². The highest BCUT2D eigenvalue weighted by atomic mass is 79.9. The number of fused-ring (bicyclic) bond motifs is 1. The van der Waals surface area contributed by atoms with E-state index in [2.05, 4.69) is 15.9 Å². The first-order chi connectivity index (χ1) is 10.1. The molecule has 0 bridgehead atoms. The van der Waals surface area contributed by atoms with E-state index in [4.69, 9.17) is 11.6 Å². The van der Waals surface area contributed by atoms with Gasteiger partial charge in [0.1, 0.15) is 11.9 Å². The van der Waals surface area contributed by atoms with Crippen molar-refractivity contribution in [3.63, 3.8) is 0 Å². The van der Waals surface area contributed by atoms with Gasteiger partial charge in [-0.3, -0.25) is 0 Å². The summed E-state index contributed by atoms with van der Waals surface area (Å²) in [5.74, 6) is -0.533. The summed E-state index contributed by atoms with van der Waals surface area (Å²) in [5.41, 5.74) is 1.06. The van der Waals surface area contributed by atoms with Gasteiger partial charge in [-0.1, -0.05) is 70.0 Å². The molecule has 4 heteroatoms. The van der Waals surface area contributed by atoms with Crippen LogP contribution in [0.25, 0.3) is 10.8 Å². The molecular formula is C17H11BrClFO. The molecule has 0 amide bonds. The lowest BCUT2D eigenvalue weighted by Gasteiger charge is -2.16. The minimum Gasteiger partial charge on any atom is -0.384 e. The third kappa shape index (κ3) is 2.57. The van der Waals surface area contributed by atoms with Gasteiger partial charge in [-0.05, 0) is 28.5 Å². The van der Waals surface area contributed by atoms with E-state index in [0.29, 0.717) is 11.1 Å². The lowest BCUT2D eigenvalue weighted by Crippen LogP contribution is -2.02. The molecule has 0 aliphatic heterocycles. The highest BCUT2D eigenvalue weighted by Gasteiger charge is 2.18. The number of aliphatic hydroxyl groups is 1. The van der Waals surface area contributed by atoms with Crippen molar-refractivity contribution >= 4 is 38.3 Å². The van der Waals surface area contributed by atoms with Crippen molar-refractivity contribution in [2.75, 3.05) is 0 Å². The molecule has 21 heavy (non-hydrogen) atoms. The predicted octanol–water partition coefficient (Wildman–Crippen LogP) is 5.48. The average Bonchev–Trinajstić information content (AvgIpc) is 2.50. The summed E-state index contributed by atoms with van der Waals surface area (Å²) >= 11 is 9.47. The minimum absolute atomic E-state index is 0.0444. The van der Waals surface area contributed by atoms with E-state index in [0.717, 1.165) is 15.2 Å². The van der Waals surface area contributed by atoms with Crippen LogP contribution in [0.4, 0.5) is 4.39 Å². The molecule has 0 radical (unpaired) electrons. The van der Waals surface area contributed by atoms with E-state index in [1.165, 1.54) is 6.07 Å². The molecule has 0 heterocycles. The highest BCUT2D eigenvalue weighted by molar-refractivity contribution is 9.10. The highest BCUT2D eigenvalue weighted by Crippen LogP contribution is 2.35. The fourth-order valence-electron chi connectivity index (χ4n) is 2.42. The van der Waals surface area contributed by atoms with Gasteiger partial charge >= 0.3 is 0 Å². The summed E-state index contributed by atoms with van der Waals surface area (Å²) in [6.07, 6.45) is -0.980. The molecule has 1 atom stereocenters. The topological polar surface area (TPSA) is 20.2 Å². The molecule has 0 saturated carbocycles.